The first-order valence-electron chi connectivity index (χ1n) is 15.4. The topological polar surface area (TPSA) is 178 Å². The predicted molar refractivity (Wildman–Crippen MR) is 185 cm³/mol. The van der Waals surface area contributed by atoms with Crippen LogP contribution in [0.1, 0.15) is 72.2 Å². The second-order valence-electron chi connectivity index (χ2n) is 11.5. The van der Waals surface area contributed by atoms with E-state index in [0.29, 0.717) is 45.3 Å². The fourth-order valence-electron chi connectivity index (χ4n) is 5.06. The van der Waals surface area contributed by atoms with Gasteiger partial charge in [0.15, 0.2) is 5.78 Å². The molecule has 3 aromatic heterocycles. The van der Waals surface area contributed by atoms with E-state index in [0.717, 1.165) is 5.56 Å². The smallest absolute Gasteiger partial charge is 0.309 e. The van der Waals surface area contributed by atoms with Crippen molar-refractivity contribution < 1.29 is 44.1 Å². The summed E-state index contributed by atoms with van der Waals surface area (Å²) in [7, 11) is 5.10. The van der Waals surface area contributed by atoms with E-state index in [1.165, 1.54) is 6.92 Å². The molecule has 0 saturated carbocycles. The van der Waals surface area contributed by atoms with Gasteiger partial charge in [-0.05, 0) is 43.3 Å². The fraction of sp³-hybridized carbons (Fsp3) is 0.211. The lowest BCUT2D eigenvalue weighted by molar-refractivity contribution is -0.137. The normalized spacial score (nSPS) is 10.3. The number of carbonyl (C=O) groups excluding carboxylic acids is 3. The van der Waals surface area contributed by atoms with E-state index in [1.807, 2.05) is 25.1 Å². The Bertz CT molecular complexity index is 2010. The van der Waals surface area contributed by atoms with Gasteiger partial charge in [-0.2, -0.15) is 0 Å². The predicted octanol–water partition coefficient (Wildman–Crippen LogP) is 4.93. The monoisotopic (exact) mass is 681 g/mol. The van der Waals surface area contributed by atoms with Crippen LogP contribution in [0.4, 0.5) is 0 Å². The zero-order valence-corrected chi connectivity index (χ0v) is 28.4. The number of nitrogens with zero attached hydrogens (tertiary/aromatic N) is 3. The minimum absolute atomic E-state index is 0.0518. The lowest BCUT2D eigenvalue weighted by Crippen LogP contribution is -2.11. The average molecular weight is 682 g/mol. The Morgan fingerprint density at radius 2 is 0.820 bits per heavy atom. The summed E-state index contributed by atoms with van der Waals surface area (Å²) in [6.45, 7) is 3.42. The van der Waals surface area contributed by atoms with Gasteiger partial charge in [0.1, 0.15) is 0 Å². The standard InChI is InChI=1S/C15H15NO3.C14H13NO3.C9H11NO3/c1-10-3-5-11(6-4-10)15(19)13-8-7-12(16(13)2)9-14(17)18;1-15-11(9-13(16)17)7-8-12(15)14(18)10-5-3-2-4-6-10;1-6(11)8-4-3-7(10(8)2)5-9(12)13/h3-8H,9H2,1-2H3,(H,17,18);2-8H,9H2,1H3,(H,16,17);3-4H,5H2,1-2H3,(H,12,13). The molecule has 0 aliphatic heterocycles. The molecule has 0 unspecified atom stereocenters. The van der Waals surface area contributed by atoms with Crippen molar-refractivity contribution in [3.8, 4) is 0 Å². The van der Waals surface area contributed by atoms with Crippen molar-refractivity contribution in [2.75, 3.05) is 0 Å². The molecule has 0 atom stereocenters. The minimum atomic E-state index is -0.907. The maximum absolute atomic E-state index is 12.3. The number of carboxylic acid groups (broad SMARTS) is 3. The van der Waals surface area contributed by atoms with E-state index in [4.69, 9.17) is 15.3 Å². The summed E-state index contributed by atoms with van der Waals surface area (Å²) in [6.07, 6.45) is -0.222. The molecule has 0 saturated heterocycles. The van der Waals surface area contributed by atoms with Crippen LogP contribution in [0, 0.1) is 6.92 Å². The molecular weight excluding hydrogens is 642 g/mol. The first-order chi connectivity index (χ1) is 23.6. The van der Waals surface area contributed by atoms with Crippen LogP contribution < -0.4 is 0 Å². The number of ketones is 3. The van der Waals surface area contributed by atoms with E-state index in [2.05, 4.69) is 0 Å². The summed E-state index contributed by atoms with van der Waals surface area (Å²) in [5.74, 6) is -2.96. The number of aliphatic carboxylic acids is 3. The van der Waals surface area contributed by atoms with Gasteiger partial charge in [0, 0.05) is 56.3 Å². The maximum Gasteiger partial charge on any atom is 0.309 e. The second kappa shape index (κ2) is 17.2. The number of hydrogen-bond acceptors (Lipinski definition) is 6. The third-order valence-electron chi connectivity index (χ3n) is 7.85. The summed E-state index contributed by atoms with van der Waals surface area (Å²) in [5, 5.41) is 26.1. The molecule has 5 aromatic rings. The second-order valence-corrected chi connectivity index (χ2v) is 11.5. The fourth-order valence-corrected chi connectivity index (χ4v) is 5.06. The highest BCUT2D eigenvalue weighted by Crippen LogP contribution is 2.15. The van der Waals surface area contributed by atoms with Crippen molar-refractivity contribution in [2.24, 2.45) is 21.1 Å². The van der Waals surface area contributed by atoms with Crippen molar-refractivity contribution in [3.63, 3.8) is 0 Å². The summed E-state index contributed by atoms with van der Waals surface area (Å²) in [4.78, 5) is 67.3. The lowest BCUT2D eigenvalue weighted by atomic mass is 10.1. The number of benzene rings is 2. The average Bonchev–Trinajstić information content (AvgIpc) is 3.73. The van der Waals surface area contributed by atoms with E-state index in [-0.39, 0.29) is 36.6 Å². The van der Waals surface area contributed by atoms with E-state index in [1.54, 1.807) is 108 Å². The molecular formula is C38H39N3O9. The van der Waals surface area contributed by atoms with Gasteiger partial charge in [-0.1, -0.05) is 60.2 Å². The number of carbonyl (C=O) groups is 6. The zero-order valence-electron chi connectivity index (χ0n) is 28.4. The quantitative estimate of drug-likeness (QED) is 0.163. The third kappa shape index (κ3) is 10.1. The van der Waals surface area contributed by atoms with Gasteiger partial charge in [-0.15, -0.1) is 0 Å². The van der Waals surface area contributed by atoms with Crippen molar-refractivity contribution in [3.05, 3.63) is 142 Å². The van der Waals surface area contributed by atoms with Gasteiger partial charge < -0.3 is 29.0 Å². The van der Waals surface area contributed by atoms with Crippen LogP contribution >= 0.6 is 0 Å². The number of hydrogen-bond donors (Lipinski definition) is 3. The number of rotatable bonds is 11. The third-order valence-corrected chi connectivity index (χ3v) is 7.85. The van der Waals surface area contributed by atoms with Gasteiger partial charge in [0.2, 0.25) is 11.6 Å². The van der Waals surface area contributed by atoms with Gasteiger partial charge in [0.25, 0.3) is 0 Å². The van der Waals surface area contributed by atoms with Crippen LogP contribution in [-0.2, 0) is 54.8 Å². The van der Waals surface area contributed by atoms with Crippen LogP contribution in [0.3, 0.4) is 0 Å². The first kappa shape index (κ1) is 38.2. The molecule has 0 aliphatic rings. The number of aromatic nitrogens is 3. The van der Waals surface area contributed by atoms with Crippen molar-refractivity contribution >= 4 is 35.3 Å². The highest BCUT2D eigenvalue weighted by Gasteiger charge is 2.17. The van der Waals surface area contributed by atoms with Crippen molar-refractivity contribution in [1.82, 2.24) is 13.7 Å². The van der Waals surface area contributed by atoms with E-state index in [9.17, 15) is 28.8 Å². The minimum Gasteiger partial charge on any atom is -0.481 e. The molecule has 50 heavy (non-hydrogen) atoms. The largest absolute Gasteiger partial charge is 0.481 e. The van der Waals surface area contributed by atoms with Crippen LogP contribution in [0.2, 0.25) is 0 Å². The van der Waals surface area contributed by atoms with Gasteiger partial charge in [-0.25, -0.2) is 0 Å². The first-order valence-corrected chi connectivity index (χ1v) is 15.4. The Morgan fingerprint density at radius 1 is 0.480 bits per heavy atom. The Labute approximate surface area is 288 Å². The van der Waals surface area contributed by atoms with E-state index < -0.39 is 17.9 Å². The SMILES string of the molecule is CC(=O)c1ccc(CC(=O)O)n1C.Cc1ccc(C(=O)c2ccc(CC(=O)O)n2C)cc1.Cn1c(CC(=O)O)ccc1C(=O)c1ccccc1. The molecule has 2 aromatic carbocycles. The summed E-state index contributed by atoms with van der Waals surface area (Å²) in [6, 6.07) is 26.2. The van der Waals surface area contributed by atoms with Crippen molar-refractivity contribution in [2.45, 2.75) is 33.1 Å². The molecule has 3 N–H and O–H groups in total. The Kier molecular flexibility index (Phi) is 13.1. The maximum atomic E-state index is 12.3. The molecule has 12 heteroatoms. The molecule has 0 amide bonds. The molecule has 0 radical (unpaired) electrons. The molecule has 0 fully saturated rings. The van der Waals surface area contributed by atoms with Crippen LogP contribution in [0.25, 0.3) is 0 Å². The number of Topliss-reactive ketones (excluding diaryl/α,β-unsaturated/α-hetero) is 1. The zero-order chi connectivity index (χ0) is 37.1. The lowest BCUT2D eigenvalue weighted by Gasteiger charge is -2.06. The number of carboxylic acids is 3. The van der Waals surface area contributed by atoms with E-state index >= 15 is 0 Å². The van der Waals surface area contributed by atoms with Crippen LogP contribution in [0.5, 0.6) is 0 Å². The summed E-state index contributed by atoms with van der Waals surface area (Å²) >= 11 is 0. The Hall–Kier alpha value is -6.30. The van der Waals surface area contributed by atoms with Gasteiger partial charge >= 0.3 is 17.9 Å². The van der Waals surface area contributed by atoms with Gasteiger partial charge in [0.05, 0.1) is 36.3 Å². The van der Waals surface area contributed by atoms with Crippen LogP contribution in [-0.4, -0.2) is 64.3 Å². The van der Waals surface area contributed by atoms with Crippen molar-refractivity contribution in [1.29, 1.82) is 0 Å². The summed E-state index contributed by atoms with van der Waals surface area (Å²) in [5.41, 5.74) is 5.69. The molecule has 0 bridgehead atoms. The molecule has 260 valence electrons. The molecule has 0 spiro atoms. The molecule has 3 heterocycles. The molecule has 0 aliphatic carbocycles. The molecule has 5 rings (SSSR count). The Morgan fingerprint density at radius 3 is 1.16 bits per heavy atom. The molecule has 12 nitrogen and oxygen atoms in total. The number of aryl methyl sites for hydroxylation is 1. The summed E-state index contributed by atoms with van der Waals surface area (Å²) < 4.78 is 4.87. The Balaban J connectivity index is 0.000000207. The highest BCUT2D eigenvalue weighted by molar-refractivity contribution is 6.08. The highest BCUT2D eigenvalue weighted by atomic mass is 16.4. The van der Waals surface area contributed by atoms with Gasteiger partial charge in [-0.3, -0.25) is 28.8 Å². The van der Waals surface area contributed by atoms with Crippen LogP contribution in [0.15, 0.2) is 91.0 Å².